The smallest absolute Gasteiger partial charge is 0.303 e. The number of nitrogens with zero attached hydrogens (tertiary/aromatic N) is 1. The van der Waals surface area contributed by atoms with E-state index in [0.717, 1.165) is 0 Å². The SMILES string of the molecule is O=C(O)CCCCC(O)C[N+](=O)[O-]. The number of hydrogen-bond acceptors (Lipinski definition) is 4. The average molecular weight is 191 g/mol. The first-order valence-electron chi connectivity index (χ1n) is 4.04. The molecule has 0 heterocycles. The van der Waals surface area contributed by atoms with Crippen LogP contribution in [0.1, 0.15) is 25.7 Å². The molecular formula is C7H13NO5. The number of carbonyl (C=O) groups is 1. The number of aliphatic hydroxyl groups is 1. The highest BCUT2D eigenvalue weighted by atomic mass is 16.6. The van der Waals surface area contributed by atoms with Crippen molar-refractivity contribution in [1.29, 1.82) is 0 Å². The summed E-state index contributed by atoms with van der Waals surface area (Å²) in [6.45, 7) is -0.465. The maximum Gasteiger partial charge on any atom is 0.303 e. The first-order chi connectivity index (χ1) is 6.02. The molecule has 0 aromatic heterocycles. The van der Waals surface area contributed by atoms with Crippen LogP contribution >= 0.6 is 0 Å². The van der Waals surface area contributed by atoms with Crippen LogP contribution in [0.2, 0.25) is 0 Å². The molecule has 0 spiro atoms. The van der Waals surface area contributed by atoms with E-state index in [1.165, 1.54) is 0 Å². The van der Waals surface area contributed by atoms with Crippen LogP contribution < -0.4 is 0 Å². The maximum atomic E-state index is 10.1. The predicted octanol–water partition coefficient (Wildman–Crippen LogP) is 0.269. The number of nitro groups is 1. The molecule has 0 saturated heterocycles. The van der Waals surface area contributed by atoms with Gasteiger partial charge in [0.25, 0.3) is 0 Å². The molecule has 76 valence electrons. The molecule has 2 N–H and O–H groups in total. The molecule has 0 rings (SSSR count). The Kier molecular flexibility index (Phi) is 5.79. The zero-order chi connectivity index (χ0) is 10.3. The second kappa shape index (κ2) is 6.36. The average Bonchev–Trinajstić information content (AvgIpc) is 1.96. The third kappa shape index (κ3) is 8.74. The van der Waals surface area contributed by atoms with Crippen LogP contribution in [-0.4, -0.2) is 33.8 Å². The molecule has 0 saturated carbocycles. The highest BCUT2D eigenvalue weighted by Crippen LogP contribution is 2.03. The zero-order valence-electron chi connectivity index (χ0n) is 7.18. The van der Waals surface area contributed by atoms with Crippen molar-refractivity contribution in [2.45, 2.75) is 31.8 Å². The van der Waals surface area contributed by atoms with E-state index in [1.807, 2.05) is 0 Å². The third-order valence-electron chi connectivity index (χ3n) is 1.54. The van der Waals surface area contributed by atoms with Gasteiger partial charge >= 0.3 is 5.97 Å². The number of aliphatic carboxylic acids is 1. The molecule has 6 heteroatoms. The monoisotopic (exact) mass is 191 g/mol. The van der Waals surface area contributed by atoms with Crippen molar-refractivity contribution in [3.05, 3.63) is 10.1 Å². The first kappa shape index (κ1) is 11.8. The fraction of sp³-hybridized carbons (Fsp3) is 0.857. The Morgan fingerprint density at radius 2 is 2.08 bits per heavy atom. The summed E-state index contributed by atoms with van der Waals surface area (Å²) in [6, 6.07) is 0. The van der Waals surface area contributed by atoms with Gasteiger partial charge in [-0.15, -0.1) is 0 Å². The summed E-state index contributed by atoms with van der Waals surface area (Å²) < 4.78 is 0. The summed E-state index contributed by atoms with van der Waals surface area (Å²) in [5.74, 6) is -0.885. The molecule has 1 unspecified atom stereocenters. The van der Waals surface area contributed by atoms with Gasteiger partial charge in [0.05, 0.1) is 0 Å². The molecule has 0 fully saturated rings. The van der Waals surface area contributed by atoms with Crippen LogP contribution in [0.3, 0.4) is 0 Å². The van der Waals surface area contributed by atoms with Crippen molar-refractivity contribution < 1.29 is 19.9 Å². The molecule has 1 atom stereocenters. The van der Waals surface area contributed by atoms with Gasteiger partial charge in [0.1, 0.15) is 6.10 Å². The lowest BCUT2D eigenvalue weighted by Gasteiger charge is -2.03. The molecule has 0 aromatic carbocycles. The quantitative estimate of drug-likeness (QED) is 0.341. The Hall–Kier alpha value is -1.17. The minimum atomic E-state index is -0.955. The predicted molar refractivity (Wildman–Crippen MR) is 44.0 cm³/mol. The normalized spacial score (nSPS) is 12.4. The van der Waals surface area contributed by atoms with Crippen molar-refractivity contribution in [3.63, 3.8) is 0 Å². The van der Waals surface area contributed by atoms with Gasteiger partial charge < -0.3 is 10.2 Å². The third-order valence-corrected chi connectivity index (χ3v) is 1.54. The van der Waals surface area contributed by atoms with Crippen molar-refractivity contribution in [3.8, 4) is 0 Å². The standard InChI is InChI=1S/C7H13NO5/c9-6(5-8(12)13)3-1-2-4-7(10)11/h6,9H,1-5H2,(H,10,11). The summed E-state index contributed by atoms with van der Waals surface area (Å²) in [4.78, 5) is 19.4. The fourth-order valence-corrected chi connectivity index (χ4v) is 0.920. The number of hydrogen-bond donors (Lipinski definition) is 2. The molecule has 0 aliphatic rings. The summed E-state index contributed by atoms with van der Waals surface area (Å²) >= 11 is 0. The highest BCUT2D eigenvalue weighted by Gasteiger charge is 2.10. The van der Waals surface area contributed by atoms with Crippen LogP contribution in [0, 0.1) is 10.1 Å². The van der Waals surface area contributed by atoms with Crippen LogP contribution in [0.15, 0.2) is 0 Å². The largest absolute Gasteiger partial charge is 0.481 e. The lowest BCUT2D eigenvalue weighted by Crippen LogP contribution is -2.19. The molecule has 0 aliphatic heterocycles. The summed E-state index contributed by atoms with van der Waals surface area (Å²) in [6.07, 6.45) is 0.328. The van der Waals surface area contributed by atoms with Crippen molar-refractivity contribution in [1.82, 2.24) is 0 Å². The first-order valence-corrected chi connectivity index (χ1v) is 4.04. The van der Waals surface area contributed by atoms with Gasteiger partial charge in [-0.1, -0.05) is 6.42 Å². The number of aliphatic hydroxyl groups excluding tert-OH is 1. The summed E-state index contributed by atoms with van der Waals surface area (Å²) in [5.41, 5.74) is 0. The Bertz CT molecular complexity index is 182. The van der Waals surface area contributed by atoms with E-state index >= 15 is 0 Å². The van der Waals surface area contributed by atoms with E-state index in [4.69, 9.17) is 10.2 Å². The minimum absolute atomic E-state index is 0.0468. The van der Waals surface area contributed by atoms with Gasteiger partial charge in [0, 0.05) is 11.3 Å². The number of rotatable bonds is 7. The lowest BCUT2D eigenvalue weighted by molar-refractivity contribution is -0.490. The molecule has 0 radical (unpaired) electrons. The zero-order valence-corrected chi connectivity index (χ0v) is 7.18. The van der Waals surface area contributed by atoms with Gasteiger partial charge in [-0.2, -0.15) is 0 Å². The molecule has 0 bridgehead atoms. The molecule has 0 aromatic rings. The van der Waals surface area contributed by atoms with Gasteiger partial charge in [0.15, 0.2) is 0 Å². The summed E-state index contributed by atoms with van der Waals surface area (Å²) in [5, 5.41) is 27.2. The maximum absolute atomic E-state index is 10.1. The number of unbranched alkanes of at least 4 members (excludes halogenated alkanes) is 1. The highest BCUT2D eigenvalue weighted by molar-refractivity contribution is 5.66. The van der Waals surface area contributed by atoms with Gasteiger partial charge in [-0.3, -0.25) is 14.9 Å². The minimum Gasteiger partial charge on any atom is -0.481 e. The second-order valence-corrected chi connectivity index (χ2v) is 2.81. The van der Waals surface area contributed by atoms with E-state index in [0.29, 0.717) is 12.8 Å². The number of carboxylic acid groups (broad SMARTS) is 1. The van der Waals surface area contributed by atoms with Crippen molar-refractivity contribution in [2.75, 3.05) is 6.54 Å². The molecule has 6 nitrogen and oxygen atoms in total. The van der Waals surface area contributed by atoms with E-state index in [1.54, 1.807) is 0 Å². The van der Waals surface area contributed by atoms with E-state index < -0.39 is 23.5 Å². The van der Waals surface area contributed by atoms with Crippen LogP contribution in [-0.2, 0) is 4.79 Å². The Labute approximate surface area is 75.3 Å². The number of carboxylic acids is 1. The second-order valence-electron chi connectivity index (χ2n) is 2.81. The molecular weight excluding hydrogens is 178 g/mol. The van der Waals surface area contributed by atoms with Gasteiger partial charge in [-0.25, -0.2) is 0 Å². The van der Waals surface area contributed by atoms with Gasteiger partial charge in [-0.05, 0) is 12.8 Å². The Morgan fingerprint density at radius 3 is 2.54 bits per heavy atom. The van der Waals surface area contributed by atoms with Crippen LogP contribution in [0.4, 0.5) is 0 Å². The Balaban J connectivity index is 3.31. The topological polar surface area (TPSA) is 101 Å². The van der Waals surface area contributed by atoms with E-state index in [9.17, 15) is 14.9 Å². The van der Waals surface area contributed by atoms with Crippen LogP contribution in [0.5, 0.6) is 0 Å². The Morgan fingerprint density at radius 1 is 1.46 bits per heavy atom. The molecule has 0 aliphatic carbocycles. The van der Waals surface area contributed by atoms with Crippen molar-refractivity contribution >= 4 is 5.97 Å². The summed E-state index contributed by atoms with van der Waals surface area (Å²) in [7, 11) is 0. The van der Waals surface area contributed by atoms with Crippen molar-refractivity contribution in [2.24, 2.45) is 0 Å². The lowest BCUT2D eigenvalue weighted by atomic mass is 10.1. The van der Waals surface area contributed by atoms with Gasteiger partial charge in [0.2, 0.25) is 6.54 Å². The van der Waals surface area contributed by atoms with E-state index in [2.05, 4.69) is 0 Å². The van der Waals surface area contributed by atoms with E-state index in [-0.39, 0.29) is 12.8 Å². The molecule has 0 amide bonds. The fourth-order valence-electron chi connectivity index (χ4n) is 0.920. The molecule has 13 heavy (non-hydrogen) atoms. The van der Waals surface area contributed by atoms with Crippen LogP contribution in [0.25, 0.3) is 0 Å².